The maximum absolute atomic E-state index is 13.6. The summed E-state index contributed by atoms with van der Waals surface area (Å²) in [6.45, 7) is 0.00746. The molecule has 0 radical (unpaired) electrons. The Bertz CT molecular complexity index is 1440. The zero-order chi connectivity index (χ0) is 24.0. The lowest BCUT2D eigenvalue weighted by molar-refractivity contribution is 0.0885. The summed E-state index contributed by atoms with van der Waals surface area (Å²) in [5.74, 6) is -1.05. The maximum Gasteiger partial charge on any atom is 0.314 e. The van der Waals surface area contributed by atoms with Gasteiger partial charge in [0.25, 0.3) is 5.89 Å². The number of nitrogens with zero attached hydrogens (tertiary/aromatic N) is 5. The zero-order valence-corrected chi connectivity index (χ0v) is 18.6. The van der Waals surface area contributed by atoms with Crippen LogP contribution < -0.4 is 0 Å². The molecule has 0 spiro atoms. The van der Waals surface area contributed by atoms with Crippen LogP contribution in [0.25, 0.3) is 11.5 Å². The molecule has 12 heteroatoms. The van der Waals surface area contributed by atoms with Crippen molar-refractivity contribution in [3.05, 3.63) is 83.5 Å². The van der Waals surface area contributed by atoms with Crippen LogP contribution in [0.1, 0.15) is 41.2 Å². The summed E-state index contributed by atoms with van der Waals surface area (Å²) in [6.07, 6.45) is -0.927. The molecule has 1 aliphatic rings. The number of alkyl halides is 2. The first kappa shape index (κ1) is 22.3. The molecule has 2 atom stereocenters. The average molecular weight is 487 g/mol. The molecular formula is C22H19F2N5O4S. The fourth-order valence-electron chi connectivity index (χ4n) is 4.06. The summed E-state index contributed by atoms with van der Waals surface area (Å²) in [5.41, 5.74) is 1.76. The van der Waals surface area contributed by atoms with E-state index in [9.17, 15) is 22.3 Å². The molecule has 4 aromatic rings. The average Bonchev–Trinajstić information content (AvgIpc) is 3.54. The Labute approximate surface area is 193 Å². The highest BCUT2D eigenvalue weighted by atomic mass is 32.2. The molecule has 1 N–H and O–H groups in total. The van der Waals surface area contributed by atoms with Crippen molar-refractivity contribution in [1.82, 2.24) is 24.3 Å². The molecule has 3 heterocycles. The standard InChI is InChI=1S/C22H19F2N5O4S/c1-28-11-16(10-25-28)18(19(30)13-5-3-2-4-6-13)29-12-15-8-7-14(9-17(15)34(29,31)32)21-26-27-22(33-21)20(23)24/h2-11,18-20,30H,12H2,1H3. The highest BCUT2D eigenvalue weighted by Crippen LogP contribution is 2.43. The van der Waals surface area contributed by atoms with Crippen molar-refractivity contribution in [2.24, 2.45) is 7.05 Å². The molecule has 0 amide bonds. The Hall–Kier alpha value is -3.48. The molecule has 34 heavy (non-hydrogen) atoms. The Kier molecular flexibility index (Phi) is 5.50. The molecule has 0 aliphatic carbocycles. The van der Waals surface area contributed by atoms with Crippen molar-refractivity contribution >= 4 is 10.0 Å². The monoisotopic (exact) mass is 487 g/mol. The number of aromatic nitrogens is 4. The number of hydrogen-bond acceptors (Lipinski definition) is 7. The van der Waals surface area contributed by atoms with Crippen LogP contribution in [-0.2, 0) is 23.6 Å². The molecule has 5 rings (SSSR count). The van der Waals surface area contributed by atoms with E-state index in [1.165, 1.54) is 27.3 Å². The number of aryl methyl sites for hydroxylation is 1. The summed E-state index contributed by atoms with van der Waals surface area (Å²) in [6, 6.07) is 12.2. The molecule has 2 aromatic heterocycles. The lowest BCUT2D eigenvalue weighted by atomic mass is 9.97. The van der Waals surface area contributed by atoms with Crippen molar-refractivity contribution in [2.45, 2.75) is 30.0 Å². The summed E-state index contributed by atoms with van der Waals surface area (Å²) in [7, 11) is -2.38. The third-order valence-electron chi connectivity index (χ3n) is 5.67. The molecule has 0 fully saturated rings. The van der Waals surface area contributed by atoms with E-state index in [0.717, 1.165) is 0 Å². The number of sulfonamides is 1. The van der Waals surface area contributed by atoms with Gasteiger partial charge < -0.3 is 9.52 Å². The fraction of sp³-hybridized carbons (Fsp3) is 0.227. The Morgan fingerprint density at radius 2 is 1.85 bits per heavy atom. The normalized spacial score (nSPS) is 17.1. The number of benzene rings is 2. The molecule has 0 saturated heterocycles. The van der Waals surface area contributed by atoms with Gasteiger partial charge in [0.05, 0.1) is 23.2 Å². The van der Waals surface area contributed by atoms with Crippen molar-refractivity contribution in [2.75, 3.05) is 0 Å². The smallest absolute Gasteiger partial charge is 0.314 e. The number of hydrogen-bond donors (Lipinski definition) is 1. The third-order valence-corrected chi connectivity index (χ3v) is 7.58. The molecule has 2 aromatic carbocycles. The second-order valence-corrected chi connectivity index (χ2v) is 9.73. The minimum atomic E-state index is -4.08. The molecule has 9 nitrogen and oxygen atoms in total. The van der Waals surface area contributed by atoms with Crippen LogP contribution in [0, 0.1) is 0 Å². The maximum atomic E-state index is 13.6. The SMILES string of the molecule is Cn1cc(C(C(O)c2ccccc2)N2Cc3ccc(-c4nnc(C(F)F)o4)cc3S2(=O)=O)cn1. The van der Waals surface area contributed by atoms with E-state index in [0.29, 0.717) is 16.7 Å². The first-order valence-corrected chi connectivity index (χ1v) is 11.7. The summed E-state index contributed by atoms with van der Waals surface area (Å²) < 4.78 is 60.7. The summed E-state index contributed by atoms with van der Waals surface area (Å²) >= 11 is 0. The highest BCUT2D eigenvalue weighted by Gasteiger charge is 2.43. The van der Waals surface area contributed by atoms with Crippen LogP contribution in [0.3, 0.4) is 0 Å². The van der Waals surface area contributed by atoms with Crippen molar-refractivity contribution < 1.29 is 26.7 Å². The molecular weight excluding hydrogens is 468 g/mol. The number of aliphatic hydroxyl groups excluding tert-OH is 1. The molecule has 176 valence electrons. The van der Waals surface area contributed by atoms with Gasteiger partial charge in [-0.15, -0.1) is 10.2 Å². The van der Waals surface area contributed by atoms with E-state index in [1.54, 1.807) is 49.6 Å². The predicted octanol–water partition coefficient (Wildman–Crippen LogP) is 3.39. The Balaban J connectivity index is 1.56. The van der Waals surface area contributed by atoms with Gasteiger partial charge in [-0.25, -0.2) is 8.42 Å². The van der Waals surface area contributed by atoms with Crippen molar-refractivity contribution in [3.63, 3.8) is 0 Å². The second-order valence-electron chi connectivity index (χ2n) is 7.87. The van der Waals surface area contributed by atoms with Crippen molar-refractivity contribution in [3.8, 4) is 11.5 Å². The minimum Gasteiger partial charge on any atom is -0.415 e. The van der Waals surface area contributed by atoms with Crippen LogP contribution in [0.4, 0.5) is 8.78 Å². The van der Waals surface area contributed by atoms with Gasteiger partial charge in [0, 0.05) is 30.9 Å². The van der Waals surface area contributed by atoms with Crippen molar-refractivity contribution in [1.29, 1.82) is 0 Å². The van der Waals surface area contributed by atoms with Gasteiger partial charge in [-0.2, -0.15) is 18.2 Å². The fourth-order valence-corrected chi connectivity index (χ4v) is 5.89. The van der Waals surface area contributed by atoms with Gasteiger partial charge in [-0.05, 0) is 23.3 Å². The van der Waals surface area contributed by atoms with Crippen LogP contribution in [0.2, 0.25) is 0 Å². The molecule has 2 unspecified atom stereocenters. The van der Waals surface area contributed by atoms with Gasteiger partial charge >= 0.3 is 6.43 Å². The Morgan fingerprint density at radius 3 is 2.50 bits per heavy atom. The quantitative estimate of drug-likeness (QED) is 0.443. The van der Waals surface area contributed by atoms with Gasteiger partial charge in [-0.3, -0.25) is 4.68 Å². The van der Waals surface area contributed by atoms with E-state index in [1.807, 2.05) is 0 Å². The lowest BCUT2D eigenvalue weighted by Gasteiger charge is -2.30. The summed E-state index contributed by atoms with van der Waals surface area (Å²) in [4.78, 5) is -0.0176. The van der Waals surface area contributed by atoms with E-state index in [2.05, 4.69) is 15.3 Å². The van der Waals surface area contributed by atoms with Crippen LogP contribution in [0.5, 0.6) is 0 Å². The van der Waals surface area contributed by atoms with Crippen LogP contribution in [-0.4, -0.2) is 37.8 Å². The minimum absolute atomic E-state index is 0.00746. The molecule has 1 aliphatic heterocycles. The number of fused-ring (bicyclic) bond motifs is 1. The van der Waals surface area contributed by atoms with E-state index in [4.69, 9.17) is 4.42 Å². The number of aliphatic hydroxyl groups is 1. The topological polar surface area (TPSA) is 114 Å². The van der Waals surface area contributed by atoms with Crippen LogP contribution >= 0.6 is 0 Å². The van der Waals surface area contributed by atoms with Gasteiger partial charge in [0.1, 0.15) is 0 Å². The predicted molar refractivity (Wildman–Crippen MR) is 115 cm³/mol. The molecule has 0 bridgehead atoms. The summed E-state index contributed by atoms with van der Waals surface area (Å²) in [5, 5.41) is 22.3. The van der Waals surface area contributed by atoms with Gasteiger partial charge in [0.2, 0.25) is 15.9 Å². The van der Waals surface area contributed by atoms with Crippen LogP contribution in [0.15, 0.2) is 70.2 Å². The first-order valence-electron chi connectivity index (χ1n) is 10.2. The lowest BCUT2D eigenvalue weighted by Crippen LogP contribution is -2.33. The van der Waals surface area contributed by atoms with E-state index >= 15 is 0 Å². The highest BCUT2D eigenvalue weighted by molar-refractivity contribution is 7.89. The van der Waals surface area contributed by atoms with E-state index < -0.39 is 34.5 Å². The Morgan fingerprint density at radius 1 is 1.09 bits per heavy atom. The number of rotatable bonds is 6. The van der Waals surface area contributed by atoms with Gasteiger partial charge in [0.15, 0.2) is 0 Å². The third kappa shape index (κ3) is 3.79. The zero-order valence-electron chi connectivity index (χ0n) is 17.8. The van der Waals surface area contributed by atoms with E-state index in [-0.39, 0.29) is 22.9 Å². The first-order chi connectivity index (χ1) is 16.3. The second kappa shape index (κ2) is 8.38. The largest absolute Gasteiger partial charge is 0.415 e. The number of halogens is 2. The molecule has 0 saturated carbocycles. The van der Waals surface area contributed by atoms with Gasteiger partial charge in [-0.1, -0.05) is 36.4 Å².